The number of carbonyl (C=O) groups is 4. The van der Waals surface area contributed by atoms with Crippen LogP contribution in [-0.2, 0) is 19.1 Å². The van der Waals surface area contributed by atoms with E-state index in [4.69, 9.17) is 4.74 Å². The minimum absolute atomic E-state index is 0.0715. The number of benzene rings is 2. The molecule has 1 aliphatic rings. The Morgan fingerprint density at radius 2 is 1.71 bits per heavy atom. The molecule has 0 bridgehead atoms. The van der Waals surface area contributed by atoms with Crippen molar-refractivity contribution in [3.05, 3.63) is 74.3 Å². The Labute approximate surface area is 190 Å². The van der Waals surface area contributed by atoms with E-state index >= 15 is 0 Å². The van der Waals surface area contributed by atoms with Gasteiger partial charge in [0.1, 0.15) is 0 Å². The largest absolute Gasteiger partial charge is 0.455 e. The van der Waals surface area contributed by atoms with Crippen molar-refractivity contribution in [2.45, 2.75) is 6.42 Å². The predicted molar refractivity (Wildman–Crippen MR) is 113 cm³/mol. The van der Waals surface area contributed by atoms with Crippen molar-refractivity contribution in [3.63, 3.8) is 0 Å². The Kier molecular flexibility index (Phi) is 7.10. The molecule has 0 spiro atoms. The third kappa shape index (κ3) is 5.87. The highest BCUT2D eigenvalue weighted by atomic mass is 16.6. The molecule has 34 heavy (non-hydrogen) atoms. The Morgan fingerprint density at radius 3 is 2.35 bits per heavy atom. The first-order chi connectivity index (χ1) is 16.1. The number of esters is 1. The van der Waals surface area contributed by atoms with Gasteiger partial charge in [0.2, 0.25) is 5.91 Å². The van der Waals surface area contributed by atoms with Gasteiger partial charge in [0.15, 0.2) is 6.61 Å². The fourth-order valence-electron chi connectivity index (χ4n) is 3.04. The molecule has 1 heterocycles. The summed E-state index contributed by atoms with van der Waals surface area (Å²) < 4.78 is 4.92. The second-order valence-electron chi connectivity index (χ2n) is 7.11. The number of anilines is 1. The second kappa shape index (κ2) is 10.2. The minimum Gasteiger partial charge on any atom is -0.455 e. The Bertz CT molecular complexity index is 1170. The van der Waals surface area contributed by atoms with Crippen LogP contribution in [0.1, 0.15) is 16.8 Å². The first-order valence-corrected chi connectivity index (χ1v) is 9.71. The first-order valence-electron chi connectivity index (χ1n) is 9.71. The third-order valence-electron chi connectivity index (χ3n) is 4.72. The molecule has 0 aromatic heterocycles. The van der Waals surface area contributed by atoms with Crippen LogP contribution in [-0.4, -0.2) is 51.7 Å². The lowest BCUT2D eigenvalue weighted by atomic mass is 10.1. The van der Waals surface area contributed by atoms with Crippen molar-refractivity contribution in [1.82, 2.24) is 10.4 Å². The van der Waals surface area contributed by atoms with E-state index < -0.39 is 46.1 Å². The Morgan fingerprint density at radius 1 is 1.03 bits per heavy atom. The topological polar surface area (TPSA) is 191 Å². The van der Waals surface area contributed by atoms with Crippen LogP contribution in [0, 0.1) is 26.1 Å². The summed E-state index contributed by atoms with van der Waals surface area (Å²) in [5.41, 5.74) is 2.11. The smallest absolute Gasteiger partial charge is 0.311 e. The second-order valence-corrected chi connectivity index (χ2v) is 7.11. The van der Waals surface area contributed by atoms with Gasteiger partial charge in [-0.15, -0.1) is 0 Å². The minimum atomic E-state index is -0.935. The zero-order valence-electron chi connectivity index (χ0n) is 17.3. The maximum absolute atomic E-state index is 12.3. The van der Waals surface area contributed by atoms with Crippen molar-refractivity contribution in [3.8, 4) is 0 Å². The van der Waals surface area contributed by atoms with E-state index in [0.717, 1.165) is 23.2 Å². The van der Waals surface area contributed by atoms with Crippen LogP contribution in [0.3, 0.4) is 0 Å². The van der Waals surface area contributed by atoms with Crippen molar-refractivity contribution < 1.29 is 33.8 Å². The molecule has 3 amide bonds. The van der Waals surface area contributed by atoms with Gasteiger partial charge in [-0.2, -0.15) is 0 Å². The van der Waals surface area contributed by atoms with Gasteiger partial charge in [0.05, 0.1) is 22.3 Å². The number of nitro groups is 2. The van der Waals surface area contributed by atoms with E-state index in [1.54, 1.807) is 0 Å². The van der Waals surface area contributed by atoms with Gasteiger partial charge in [0.25, 0.3) is 23.2 Å². The Hall–Kier alpha value is -4.88. The van der Waals surface area contributed by atoms with Crippen LogP contribution in [0.15, 0.2) is 48.5 Å². The van der Waals surface area contributed by atoms with Crippen molar-refractivity contribution in [1.29, 1.82) is 0 Å². The molecule has 2 aromatic carbocycles. The number of rotatable bonds is 8. The zero-order chi connectivity index (χ0) is 24.8. The van der Waals surface area contributed by atoms with Crippen molar-refractivity contribution >= 4 is 40.8 Å². The number of non-ortho nitro benzene ring substituents is 2. The zero-order valence-corrected chi connectivity index (χ0v) is 17.3. The summed E-state index contributed by atoms with van der Waals surface area (Å²) in [5, 5.41) is 24.8. The molecule has 1 fully saturated rings. The number of amides is 3. The molecule has 2 N–H and O–H groups in total. The van der Waals surface area contributed by atoms with Gasteiger partial charge < -0.3 is 10.1 Å². The number of nitro benzene ring substituents is 2. The molecule has 14 nitrogen and oxygen atoms in total. The summed E-state index contributed by atoms with van der Waals surface area (Å²) in [6.07, 6.45) is -0.258. The number of hydrogen-bond acceptors (Lipinski definition) is 9. The molecule has 0 radical (unpaired) electrons. The SMILES string of the molecule is O=C(COC(=O)[C@H]1CC(=O)N(NC(=O)c2ccc([N+](=O)[O-])cc2)C1)Nc1cccc([N+](=O)[O-])c1. The lowest BCUT2D eigenvalue weighted by Gasteiger charge is -2.17. The summed E-state index contributed by atoms with van der Waals surface area (Å²) in [5.74, 6) is -3.77. The first kappa shape index (κ1) is 23.8. The fourth-order valence-corrected chi connectivity index (χ4v) is 3.04. The number of nitrogens with one attached hydrogen (secondary N) is 2. The number of ether oxygens (including phenoxy) is 1. The number of hydrazine groups is 1. The molecular formula is C20H17N5O9. The van der Waals surface area contributed by atoms with Gasteiger partial charge in [-0.25, -0.2) is 0 Å². The van der Waals surface area contributed by atoms with Gasteiger partial charge in [-0.1, -0.05) is 6.07 Å². The molecular weight excluding hydrogens is 454 g/mol. The number of nitrogens with zero attached hydrogens (tertiary/aromatic N) is 3. The normalized spacial score (nSPS) is 14.9. The van der Waals surface area contributed by atoms with Crippen molar-refractivity contribution in [2.24, 2.45) is 5.92 Å². The van der Waals surface area contributed by atoms with Gasteiger partial charge in [-0.3, -0.25) is 49.8 Å². The standard InChI is InChI=1S/C20H17N5O9/c26-17(21-14-2-1-3-16(9-14)25(32)33)11-34-20(29)13-8-18(27)23(10-13)22-19(28)12-4-6-15(7-5-12)24(30)31/h1-7,9,13H,8,10-11H2,(H,21,26)(H,22,28)/t13-/m0/s1. The van der Waals surface area contributed by atoms with Crippen LogP contribution < -0.4 is 10.7 Å². The summed E-state index contributed by atoms with van der Waals surface area (Å²) in [7, 11) is 0. The van der Waals surface area contributed by atoms with Crippen molar-refractivity contribution in [2.75, 3.05) is 18.5 Å². The third-order valence-corrected chi connectivity index (χ3v) is 4.72. The highest BCUT2D eigenvalue weighted by Crippen LogP contribution is 2.19. The molecule has 176 valence electrons. The monoisotopic (exact) mass is 471 g/mol. The molecule has 0 aliphatic carbocycles. The molecule has 3 rings (SSSR count). The van der Waals surface area contributed by atoms with Gasteiger partial charge in [0, 0.05) is 41.9 Å². The highest BCUT2D eigenvalue weighted by molar-refractivity contribution is 5.97. The molecule has 14 heteroatoms. The quantitative estimate of drug-likeness (QED) is 0.323. The fraction of sp³-hybridized carbons (Fsp3) is 0.200. The molecule has 1 aliphatic heterocycles. The highest BCUT2D eigenvalue weighted by Gasteiger charge is 2.36. The van der Waals surface area contributed by atoms with E-state index in [1.165, 1.54) is 30.3 Å². The number of hydrogen-bond donors (Lipinski definition) is 2. The van der Waals surface area contributed by atoms with Gasteiger partial charge >= 0.3 is 5.97 Å². The summed E-state index contributed by atoms with van der Waals surface area (Å²) in [6, 6.07) is 9.91. The molecule has 2 aromatic rings. The van der Waals surface area contributed by atoms with E-state index in [1.807, 2.05) is 0 Å². The van der Waals surface area contributed by atoms with Crippen LogP contribution in [0.5, 0.6) is 0 Å². The summed E-state index contributed by atoms with van der Waals surface area (Å²) >= 11 is 0. The maximum Gasteiger partial charge on any atom is 0.311 e. The number of carbonyl (C=O) groups excluding carboxylic acids is 4. The predicted octanol–water partition coefficient (Wildman–Crippen LogP) is 1.18. The van der Waals surface area contributed by atoms with Gasteiger partial charge in [-0.05, 0) is 18.2 Å². The lowest BCUT2D eigenvalue weighted by Crippen LogP contribution is -2.43. The average Bonchev–Trinajstić information content (AvgIpc) is 3.17. The van der Waals surface area contributed by atoms with Crippen LogP contribution in [0.4, 0.5) is 17.1 Å². The molecule has 1 saturated heterocycles. The lowest BCUT2D eigenvalue weighted by molar-refractivity contribution is -0.385. The van der Waals surface area contributed by atoms with Crippen LogP contribution >= 0.6 is 0 Å². The van der Waals surface area contributed by atoms with Crippen LogP contribution in [0.2, 0.25) is 0 Å². The van der Waals surface area contributed by atoms with Crippen LogP contribution in [0.25, 0.3) is 0 Å². The summed E-state index contributed by atoms with van der Waals surface area (Å²) in [6.45, 7) is -0.871. The summed E-state index contributed by atoms with van der Waals surface area (Å²) in [4.78, 5) is 68.9. The Balaban J connectivity index is 1.49. The molecule has 0 saturated carbocycles. The average molecular weight is 471 g/mol. The van der Waals surface area contributed by atoms with E-state index in [0.29, 0.717) is 0 Å². The van der Waals surface area contributed by atoms with E-state index in [2.05, 4.69) is 10.7 Å². The van der Waals surface area contributed by atoms with E-state index in [9.17, 15) is 39.4 Å². The molecule has 0 unspecified atom stereocenters. The molecule has 1 atom stereocenters. The van der Waals surface area contributed by atoms with E-state index in [-0.39, 0.29) is 35.6 Å². The maximum atomic E-state index is 12.3.